The third kappa shape index (κ3) is 6.34. The van der Waals surface area contributed by atoms with Crippen molar-refractivity contribution in [1.29, 1.82) is 0 Å². The normalized spacial score (nSPS) is 21.2. The van der Waals surface area contributed by atoms with Crippen LogP contribution in [-0.4, -0.2) is 48.4 Å². The molecule has 5 heteroatoms. The van der Waals surface area contributed by atoms with E-state index < -0.39 is 5.41 Å². The van der Waals surface area contributed by atoms with Crippen LogP contribution in [0.5, 0.6) is 0 Å². The summed E-state index contributed by atoms with van der Waals surface area (Å²) in [4.78, 5) is 26.0. The largest absolute Gasteiger partial charge is 0.355 e. The number of piperidine rings is 1. The molecule has 0 aromatic heterocycles. The lowest BCUT2D eigenvalue weighted by molar-refractivity contribution is -0.128. The van der Waals surface area contributed by atoms with E-state index in [4.69, 9.17) is 0 Å². The first-order valence-electron chi connectivity index (χ1n) is 8.52. The fourth-order valence-corrected chi connectivity index (χ4v) is 2.80. The minimum Gasteiger partial charge on any atom is -0.355 e. The molecule has 0 saturated carbocycles. The maximum atomic E-state index is 11.9. The van der Waals surface area contributed by atoms with Crippen molar-refractivity contribution < 1.29 is 9.59 Å². The van der Waals surface area contributed by atoms with Crippen molar-refractivity contribution in [2.75, 3.05) is 19.6 Å². The van der Waals surface area contributed by atoms with E-state index in [0.29, 0.717) is 31.6 Å². The van der Waals surface area contributed by atoms with E-state index >= 15 is 0 Å². The molecular weight excluding hydrogens is 278 g/mol. The molecule has 2 amide bonds. The molecule has 1 saturated heterocycles. The molecule has 2 unspecified atom stereocenters. The zero-order valence-electron chi connectivity index (χ0n) is 14.9. The number of carbonyl (C=O) groups excluding carboxylic acids is 2. The molecule has 1 fully saturated rings. The summed E-state index contributed by atoms with van der Waals surface area (Å²) in [6.07, 6.45) is 4.15. The third-order valence-electron chi connectivity index (χ3n) is 4.33. The number of hydrogen-bond acceptors (Lipinski definition) is 3. The topological polar surface area (TPSA) is 61.4 Å². The van der Waals surface area contributed by atoms with Crippen LogP contribution in [0.25, 0.3) is 0 Å². The number of rotatable bonds is 6. The summed E-state index contributed by atoms with van der Waals surface area (Å²) in [6.45, 7) is 12.2. The smallest absolute Gasteiger partial charge is 0.225 e. The van der Waals surface area contributed by atoms with Gasteiger partial charge in [0.05, 0.1) is 0 Å². The van der Waals surface area contributed by atoms with Gasteiger partial charge < -0.3 is 10.6 Å². The Balaban J connectivity index is 2.21. The molecule has 2 atom stereocenters. The highest BCUT2D eigenvalue weighted by atomic mass is 16.2. The quantitative estimate of drug-likeness (QED) is 0.788. The molecule has 1 rings (SSSR count). The van der Waals surface area contributed by atoms with Crippen molar-refractivity contribution in [3.63, 3.8) is 0 Å². The maximum Gasteiger partial charge on any atom is 0.225 e. The minimum absolute atomic E-state index is 0.00530. The van der Waals surface area contributed by atoms with Crippen LogP contribution in [0.2, 0.25) is 0 Å². The second-order valence-electron chi connectivity index (χ2n) is 7.49. The summed E-state index contributed by atoms with van der Waals surface area (Å²) in [7, 11) is 0. The fraction of sp³-hybridized carbons (Fsp3) is 0.882. The van der Waals surface area contributed by atoms with Gasteiger partial charge in [-0.3, -0.25) is 14.5 Å². The van der Waals surface area contributed by atoms with Crippen molar-refractivity contribution in [2.24, 2.45) is 5.41 Å². The molecule has 2 N–H and O–H groups in total. The predicted molar refractivity (Wildman–Crippen MR) is 89.6 cm³/mol. The molecule has 0 radical (unpaired) electrons. The van der Waals surface area contributed by atoms with E-state index in [1.165, 1.54) is 19.3 Å². The highest BCUT2D eigenvalue weighted by molar-refractivity contribution is 5.82. The lowest BCUT2D eigenvalue weighted by atomic mass is 9.96. The van der Waals surface area contributed by atoms with Crippen LogP contribution in [0.15, 0.2) is 0 Å². The molecule has 1 heterocycles. The molecule has 0 spiro atoms. The van der Waals surface area contributed by atoms with Crippen molar-refractivity contribution in [1.82, 2.24) is 15.5 Å². The highest BCUT2D eigenvalue weighted by Gasteiger charge is 2.23. The van der Waals surface area contributed by atoms with Crippen LogP contribution >= 0.6 is 0 Å². The number of amides is 2. The lowest BCUT2D eigenvalue weighted by Crippen LogP contribution is -2.48. The summed E-state index contributed by atoms with van der Waals surface area (Å²) < 4.78 is 0. The Morgan fingerprint density at radius 3 is 2.50 bits per heavy atom. The SMILES string of the molecule is CC1CCCCN1C(C)CNC(=O)CCNC(=O)C(C)(C)C. The molecular formula is C17H33N3O2. The van der Waals surface area contributed by atoms with Crippen LogP contribution in [0.1, 0.15) is 60.3 Å². The fourth-order valence-electron chi connectivity index (χ4n) is 2.80. The zero-order valence-corrected chi connectivity index (χ0v) is 14.9. The van der Waals surface area contributed by atoms with Gasteiger partial charge in [0.25, 0.3) is 0 Å². The Hall–Kier alpha value is -1.10. The van der Waals surface area contributed by atoms with Gasteiger partial charge in [-0.1, -0.05) is 27.2 Å². The van der Waals surface area contributed by atoms with Gasteiger partial charge in [-0.15, -0.1) is 0 Å². The second-order valence-corrected chi connectivity index (χ2v) is 7.49. The van der Waals surface area contributed by atoms with Crippen molar-refractivity contribution in [3.05, 3.63) is 0 Å². The third-order valence-corrected chi connectivity index (χ3v) is 4.33. The lowest BCUT2D eigenvalue weighted by Gasteiger charge is -2.38. The Bertz CT molecular complexity index is 377. The highest BCUT2D eigenvalue weighted by Crippen LogP contribution is 2.18. The van der Waals surface area contributed by atoms with Gasteiger partial charge in [-0.25, -0.2) is 0 Å². The monoisotopic (exact) mass is 311 g/mol. The summed E-state index contributed by atoms with van der Waals surface area (Å²) in [6, 6.07) is 0.968. The number of nitrogens with zero attached hydrogens (tertiary/aromatic N) is 1. The molecule has 0 aliphatic carbocycles. The van der Waals surface area contributed by atoms with Gasteiger partial charge in [-0.2, -0.15) is 0 Å². The molecule has 0 bridgehead atoms. The Kier molecular flexibility index (Phi) is 7.33. The van der Waals surface area contributed by atoms with Crippen molar-refractivity contribution in [3.8, 4) is 0 Å². The Morgan fingerprint density at radius 2 is 1.91 bits per heavy atom. The standard InChI is InChI=1S/C17H33N3O2/c1-13-8-6-7-11-20(13)14(2)12-19-15(21)9-10-18-16(22)17(3,4)5/h13-14H,6-12H2,1-5H3,(H,18,22)(H,19,21). The summed E-state index contributed by atoms with van der Waals surface area (Å²) >= 11 is 0. The summed E-state index contributed by atoms with van der Waals surface area (Å²) in [5.74, 6) is -0.0125. The number of carbonyl (C=O) groups is 2. The average Bonchev–Trinajstić information content (AvgIpc) is 2.44. The van der Waals surface area contributed by atoms with Crippen molar-refractivity contribution >= 4 is 11.8 Å². The van der Waals surface area contributed by atoms with Crippen LogP contribution < -0.4 is 10.6 Å². The minimum atomic E-state index is -0.407. The second kappa shape index (κ2) is 8.51. The molecule has 5 nitrogen and oxygen atoms in total. The summed E-state index contributed by atoms with van der Waals surface area (Å²) in [5, 5.41) is 5.78. The molecule has 1 aliphatic heterocycles. The van der Waals surface area contributed by atoms with E-state index in [1.807, 2.05) is 20.8 Å². The van der Waals surface area contributed by atoms with Gasteiger partial charge in [-0.05, 0) is 33.2 Å². The summed E-state index contributed by atoms with van der Waals surface area (Å²) in [5.41, 5.74) is -0.407. The van der Waals surface area contributed by atoms with E-state index in [1.54, 1.807) is 0 Å². The van der Waals surface area contributed by atoms with Crippen LogP contribution in [0, 0.1) is 5.41 Å². The van der Waals surface area contributed by atoms with E-state index in [2.05, 4.69) is 29.4 Å². The average molecular weight is 311 g/mol. The first-order valence-corrected chi connectivity index (χ1v) is 8.52. The Labute approximate surface area is 135 Å². The van der Waals surface area contributed by atoms with E-state index in [0.717, 1.165) is 6.54 Å². The molecule has 1 aliphatic rings. The van der Waals surface area contributed by atoms with Crippen LogP contribution in [-0.2, 0) is 9.59 Å². The molecule has 0 aromatic carbocycles. The molecule has 22 heavy (non-hydrogen) atoms. The van der Waals surface area contributed by atoms with Gasteiger partial charge in [0.15, 0.2) is 0 Å². The van der Waals surface area contributed by atoms with Gasteiger partial charge >= 0.3 is 0 Å². The zero-order chi connectivity index (χ0) is 16.8. The first-order chi connectivity index (χ1) is 10.2. The maximum absolute atomic E-state index is 11.9. The first kappa shape index (κ1) is 18.9. The van der Waals surface area contributed by atoms with Gasteiger partial charge in [0.2, 0.25) is 11.8 Å². The Morgan fingerprint density at radius 1 is 1.23 bits per heavy atom. The van der Waals surface area contributed by atoms with Crippen LogP contribution in [0.3, 0.4) is 0 Å². The molecule has 0 aromatic rings. The van der Waals surface area contributed by atoms with E-state index in [9.17, 15) is 9.59 Å². The molecule has 128 valence electrons. The van der Waals surface area contributed by atoms with Gasteiger partial charge in [0, 0.05) is 37.0 Å². The number of hydrogen-bond donors (Lipinski definition) is 2. The number of nitrogens with one attached hydrogen (secondary N) is 2. The predicted octanol–water partition coefficient (Wildman–Crippen LogP) is 1.92. The van der Waals surface area contributed by atoms with Gasteiger partial charge in [0.1, 0.15) is 0 Å². The van der Waals surface area contributed by atoms with Crippen LogP contribution in [0.4, 0.5) is 0 Å². The number of likely N-dealkylation sites (tertiary alicyclic amines) is 1. The van der Waals surface area contributed by atoms with Crippen molar-refractivity contribution in [2.45, 2.75) is 72.4 Å². The van der Waals surface area contributed by atoms with E-state index in [-0.39, 0.29) is 11.8 Å².